The monoisotopic (exact) mass is 395 g/mol. The van der Waals surface area contributed by atoms with Gasteiger partial charge in [0.2, 0.25) is 17.7 Å². The molecule has 0 spiro atoms. The van der Waals surface area contributed by atoms with Crippen LogP contribution in [0.3, 0.4) is 0 Å². The van der Waals surface area contributed by atoms with Crippen molar-refractivity contribution >= 4 is 5.91 Å². The maximum Gasteiger partial charge on any atom is 0.223 e. The Bertz CT molecular complexity index is 888. The molecule has 0 radical (unpaired) electrons. The number of rotatable bonds is 11. The zero-order valence-corrected chi connectivity index (χ0v) is 17.3. The Labute approximate surface area is 171 Å². The molecule has 0 fully saturated rings. The molecule has 0 saturated heterocycles. The molecule has 2 heterocycles. The minimum absolute atomic E-state index is 0.0824. The van der Waals surface area contributed by atoms with Gasteiger partial charge in [0.25, 0.3) is 0 Å². The van der Waals surface area contributed by atoms with Gasteiger partial charge in [-0.25, -0.2) is 0 Å². The van der Waals surface area contributed by atoms with Crippen molar-refractivity contribution in [3.63, 3.8) is 0 Å². The molecule has 7 nitrogen and oxygen atoms in total. The number of benzene rings is 1. The Kier molecular flexibility index (Phi) is 7.55. The van der Waals surface area contributed by atoms with E-state index in [9.17, 15) is 4.79 Å². The first-order valence-electron chi connectivity index (χ1n) is 10.2. The smallest absolute Gasteiger partial charge is 0.223 e. The topological polar surface area (TPSA) is 77.1 Å². The summed E-state index contributed by atoms with van der Waals surface area (Å²) in [6, 6.07) is 10.5. The average Bonchev–Trinajstić information content (AvgIpc) is 3.37. The predicted molar refractivity (Wildman–Crippen MR) is 110 cm³/mol. The van der Waals surface area contributed by atoms with E-state index in [1.807, 2.05) is 31.1 Å². The first-order chi connectivity index (χ1) is 14.1. The van der Waals surface area contributed by atoms with Crippen molar-refractivity contribution in [2.24, 2.45) is 7.05 Å². The number of unbranched alkanes of at least 4 members (excludes halogenated alkanes) is 1. The van der Waals surface area contributed by atoms with Gasteiger partial charge in [0.1, 0.15) is 0 Å². The number of hydrogen-bond acceptors (Lipinski definition) is 5. The lowest BCUT2D eigenvalue weighted by molar-refractivity contribution is -0.131. The van der Waals surface area contributed by atoms with Gasteiger partial charge >= 0.3 is 0 Å². The number of aromatic nitrogens is 4. The number of hydrogen-bond donors (Lipinski definition) is 0. The highest BCUT2D eigenvalue weighted by Gasteiger charge is 2.15. The molecule has 3 aromatic rings. The van der Waals surface area contributed by atoms with Crippen molar-refractivity contribution < 1.29 is 9.21 Å². The highest BCUT2D eigenvalue weighted by atomic mass is 16.4. The molecule has 29 heavy (non-hydrogen) atoms. The van der Waals surface area contributed by atoms with Gasteiger partial charge in [0.05, 0.1) is 6.20 Å². The quantitative estimate of drug-likeness (QED) is 0.465. The molecule has 0 saturated carbocycles. The van der Waals surface area contributed by atoms with Crippen LogP contribution in [-0.2, 0) is 37.6 Å². The van der Waals surface area contributed by atoms with E-state index in [-0.39, 0.29) is 5.91 Å². The van der Waals surface area contributed by atoms with Gasteiger partial charge in [-0.3, -0.25) is 9.48 Å². The van der Waals surface area contributed by atoms with Crippen LogP contribution in [0.25, 0.3) is 0 Å². The molecular formula is C22H29N5O2. The van der Waals surface area contributed by atoms with E-state index in [0.29, 0.717) is 37.7 Å². The molecule has 0 bridgehead atoms. The first kappa shape index (κ1) is 20.8. The Morgan fingerprint density at radius 3 is 2.45 bits per heavy atom. The number of amides is 1. The van der Waals surface area contributed by atoms with Crippen molar-refractivity contribution in [3.05, 3.63) is 65.6 Å². The summed E-state index contributed by atoms with van der Waals surface area (Å²) in [5, 5.41) is 12.4. The molecule has 1 aromatic carbocycles. The van der Waals surface area contributed by atoms with E-state index in [1.165, 1.54) is 5.56 Å². The molecular weight excluding hydrogens is 366 g/mol. The number of carbonyl (C=O) groups is 1. The van der Waals surface area contributed by atoms with Crippen molar-refractivity contribution in [3.8, 4) is 0 Å². The minimum Gasteiger partial charge on any atom is -0.425 e. The van der Waals surface area contributed by atoms with Gasteiger partial charge in [-0.05, 0) is 31.7 Å². The van der Waals surface area contributed by atoms with Crippen molar-refractivity contribution in [2.75, 3.05) is 6.54 Å². The molecule has 0 atom stereocenters. The Balaban J connectivity index is 1.39. The van der Waals surface area contributed by atoms with Crippen molar-refractivity contribution in [1.29, 1.82) is 0 Å². The zero-order valence-electron chi connectivity index (χ0n) is 17.3. The van der Waals surface area contributed by atoms with Crippen LogP contribution in [0.4, 0.5) is 0 Å². The molecule has 7 heteroatoms. The van der Waals surface area contributed by atoms with E-state index < -0.39 is 0 Å². The number of carbonyl (C=O) groups excluding carboxylic acids is 1. The van der Waals surface area contributed by atoms with Crippen LogP contribution in [0, 0.1) is 0 Å². The molecule has 154 valence electrons. The van der Waals surface area contributed by atoms with E-state index >= 15 is 0 Å². The van der Waals surface area contributed by atoms with Crippen LogP contribution >= 0.6 is 0 Å². The van der Waals surface area contributed by atoms with Gasteiger partial charge in [0.15, 0.2) is 0 Å². The molecule has 3 rings (SSSR count). The first-order valence-corrected chi connectivity index (χ1v) is 10.2. The molecule has 0 unspecified atom stereocenters. The van der Waals surface area contributed by atoms with Crippen LogP contribution in [0.1, 0.15) is 49.1 Å². The lowest BCUT2D eigenvalue weighted by Crippen LogP contribution is -2.30. The third-order valence-electron chi connectivity index (χ3n) is 4.88. The second-order valence-corrected chi connectivity index (χ2v) is 7.21. The molecule has 0 N–H and O–H groups in total. The fourth-order valence-electron chi connectivity index (χ4n) is 3.26. The highest BCUT2D eigenvalue weighted by molar-refractivity contribution is 5.76. The van der Waals surface area contributed by atoms with Crippen molar-refractivity contribution in [2.45, 2.75) is 52.0 Å². The van der Waals surface area contributed by atoms with E-state index in [2.05, 4.69) is 39.6 Å². The average molecular weight is 396 g/mol. The highest BCUT2D eigenvalue weighted by Crippen LogP contribution is 2.11. The molecule has 0 aliphatic heterocycles. The summed E-state index contributed by atoms with van der Waals surface area (Å²) in [6.07, 6.45) is 8.47. The van der Waals surface area contributed by atoms with Crippen LogP contribution < -0.4 is 0 Å². The summed E-state index contributed by atoms with van der Waals surface area (Å²) >= 11 is 0. The fourth-order valence-corrected chi connectivity index (χ4v) is 3.26. The second kappa shape index (κ2) is 10.5. The Hall–Kier alpha value is -2.96. The maximum absolute atomic E-state index is 12.5. The second-order valence-electron chi connectivity index (χ2n) is 7.21. The standard InChI is InChI=1S/C22H29N5O2/c1-3-27(17-19-15-23-26(2)16-19)22(28)14-13-21-25-24-20(29-21)12-8-7-11-18-9-5-4-6-10-18/h4-6,9-10,15-16H,3,7-8,11-14,17H2,1-2H3. The summed E-state index contributed by atoms with van der Waals surface area (Å²) in [5.74, 6) is 1.27. The van der Waals surface area contributed by atoms with Crippen molar-refractivity contribution in [1.82, 2.24) is 24.9 Å². The van der Waals surface area contributed by atoms with Crippen LogP contribution in [-0.4, -0.2) is 37.3 Å². The summed E-state index contributed by atoms with van der Waals surface area (Å²) in [5.41, 5.74) is 2.38. The lowest BCUT2D eigenvalue weighted by atomic mass is 10.1. The molecule has 0 aliphatic rings. The Morgan fingerprint density at radius 1 is 1.03 bits per heavy atom. The van der Waals surface area contributed by atoms with E-state index in [1.54, 1.807) is 10.9 Å². The fraction of sp³-hybridized carbons (Fsp3) is 0.455. The SMILES string of the molecule is CCN(Cc1cnn(C)c1)C(=O)CCc1nnc(CCCCc2ccccc2)o1. The third-order valence-corrected chi connectivity index (χ3v) is 4.88. The number of aryl methyl sites for hydroxylation is 4. The van der Waals surface area contributed by atoms with Gasteiger partial charge < -0.3 is 9.32 Å². The summed E-state index contributed by atoms with van der Waals surface area (Å²) in [7, 11) is 1.87. The van der Waals surface area contributed by atoms with Gasteiger partial charge in [-0.2, -0.15) is 5.10 Å². The van der Waals surface area contributed by atoms with E-state index in [0.717, 1.165) is 31.2 Å². The zero-order chi connectivity index (χ0) is 20.5. The van der Waals surface area contributed by atoms with Crippen LogP contribution in [0.5, 0.6) is 0 Å². The van der Waals surface area contributed by atoms with Crippen LogP contribution in [0.15, 0.2) is 47.1 Å². The maximum atomic E-state index is 12.5. The molecule has 2 aromatic heterocycles. The summed E-state index contributed by atoms with van der Waals surface area (Å²) in [4.78, 5) is 14.3. The molecule has 1 amide bonds. The summed E-state index contributed by atoms with van der Waals surface area (Å²) < 4.78 is 7.46. The third kappa shape index (κ3) is 6.55. The minimum atomic E-state index is 0.0824. The summed E-state index contributed by atoms with van der Waals surface area (Å²) in [6.45, 7) is 3.21. The van der Waals surface area contributed by atoms with Gasteiger partial charge in [0, 0.05) is 51.2 Å². The Morgan fingerprint density at radius 2 is 1.76 bits per heavy atom. The number of nitrogens with zero attached hydrogens (tertiary/aromatic N) is 5. The van der Waals surface area contributed by atoms with Gasteiger partial charge in [-0.15, -0.1) is 10.2 Å². The van der Waals surface area contributed by atoms with Crippen LogP contribution in [0.2, 0.25) is 0 Å². The van der Waals surface area contributed by atoms with E-state index in [4.69, 9.17) is 4.42 Å². The molecule has 0 aliphatic carbocycles. The lowest BCUT2D eigenvalue weighted by Gasteiger charge is -2.19. The largest absolute Gasteiger partial charge is 0.425 e. The predicted octanol–water partition coefficient (Wildman–Crippen LogP) is 3.35. The van der Waals surface area contributed by atoms with Gasteiger partial charge in [-0.1, -0.05) is 30.3 Å². The normalized spacial score (nSPS) is 11.0.